The van der Waals surface area contributed by atoms with Crippen molar-refractivity contribution >= 4 is 70.5 Å². The van der Waals surface area contributed by atoms with Gasteiger partial charge in [0.25, 0.3) is 0 Å². The minimum absolute atomic E-state index is 0.241. The predicted octanol–water partition coefficient (Wildman–Crippen LogP) is 6.13. The molecule has 0 fully saturated rings. The Kier molecular flexibility index (Phi) is 3.22. The van der Waals surface area contributed by atoms with Crippen LogP contribution in [0.4, 0.5) is 4.39 Å². The summed E-state index contributed by atoms with van der Waals surface area (Å²) in [6.45, 7) is 0. The van der Waals surface area contributed by atoms with Gasteiger partial charge in [-0.15, -0.1) is 22.7 Å². The van der Waals surface area contributed by atoms with Gasteiger partial charge in [-0.05, 0) is 29.6 Å². The maximum absolute atomic E-state index is 14.1. The predicted molar refractivity (Wildman–Crippen MR) is 90.9 cm³/mol. The second kappa shape index (κ2) is 4.98. The fraction of sp³-hybridized carbons (Fsp3) is 0. The van der Waals surface area contributed by atoms with Gasteiger partial charge in [0.1, 0.15) is 10.7 Å². The van der Waals surface area contributed by atoms with Crippen molar-refractivity contribution in [3.63, 3.8) is 0 Å². The molecule has 3 heterocycles. The molecule has 2 nitrogen and oxygen atoms in total. The highest BCUT2D eigenvalue weighted by molar-refractivity contribution is 9.10. The topological polar surface area (TPSA) is 25.8 Å². The molecule has 0 atom stereocenters. The van der Waals surface area contributed by atoms with E-state index in [2.05, 4.69) is 32.0 Å². The number of halogens is 3. The minimum Gasteiger partial charge on any atom is -0.224 e. The highest BCUT2D eigenvalue weighted by Gasteiger charge is 2.14. The van der Waals surface area contributed by atoms with E-state index in [0.29, 0.717) is 15.7 Å². The van der Waals surface area contributed by atoms with Gasteiger partial charge in [0, 0.05) is 19.3 Å². The van der Waals surface area contributed by atoms with Gasteiger partial charge in [-0.1, -0.05) is 27.5 Å². The summed E-state index contributed by atoms with van der Waals surface area (Å²) in [5, 5.41) is 2.80. The molecule has 0 aliphatic carbocycles. The van der Waals surface area contributed by atoms with E-state index >= 15 is 0 Å². The van der Waals surface area contributed by atoms with E-state index in [-0.39, 0.29) is 10.7 Å². The van der Waals surface area contributed by atoms with E-state index in [1.807, 2.05) is 11.4 Å². The summed E-state index contributed by atoms with van der Waals surface area (Å²) in [6, 6.07) is 7.16. The summed E-state index contributed by atoms with van der Waals surface area (Å²) < 4.78 is 17.1. The molecule has 0 bridgehead atoms. The molecule has 0 radical (unpaired) electrons. The molecule has 0 aliphatic rings. The third-order valence-electron chi connectivity index (χ3n) is 3.03. The lowest BCUT2D eigenvalue weighted by molar-refractivity contribution is 0.636. The van der Waals surface area contributed by atoms with Gasteiger partial charge in [-0.2, -0.15) is 0 Å². The van der Waals surface area contributed by atoms with Crippen LogP contribution >= 0.6 is 50.2 Å². The van der Waals surface area contributed by atoms with Crippen LogP contribution in [0.5, 0.6) is 0 Å². The van der Waals surface area contributed by atoms with Crippen molar-refractivity contribution in [2.75, 3.05) is 0 Å². The number of rotatable bonds is 1. The fourth-order valence-corrected chi connectivity index (χ4v) is 4.80. The number of aromatic nitrogens is 2. The number of hydrogen-bond donors (Lipinski definition) is 0. The molecular weight excluding hydrogens is 395 g/mol. The van der Waals surface area contributed by atoms with Crippen LogP contribution in [0.3, 0.4) is 0 Å². The highest BCUT2D eigenvalue weighted by atomic mass is 79.9. The van der Waals surface area contributed by atoms with Crippen molar-refractivity contribution in [2.24, 2.45) is 0 Å². The molecule has 0 spiro atoms. The summed E-state index contributed by atoms with van der Waals surface area (Å²) in [7, 11) is 0. The smallest absolute Gasteiger partial charge is 0.171 e. The van der Waals surface area contributed by atoms with Crippen LogP contribution in [0, 0.1) is 5.82 Å². The standard InChI is InChI=1S/C14H5BrClFN2S2/c15-6-3-7-12(8(17)4-6)18-14(19-13(7)16)11-5-10-9(21-11)1-2-20-10/h1-5H. The second-order valence-corrected chi connectivity index (χ2v) is 7.69. The van der Waals surface area contributed by atoms with Gasteiger partial charge in [-0.3, -0.25) is 0 Å². The van der Waals surface area contributed by atoms with Crippen LogP contribution in [-0.2, 0) is 0 Å². The number of thiophene rings is 2. The lowest BCUT2D eigenvalue weighted by Crippen LogP contribution is -1.93. The first-order valence-corrected chi connectivity index (χ1v) is 8.78. The van der Waals surface area contributed by atoms with Gasteiger partial charge < -0.3 is 0 Å². The van der Waals surface area contributed by atoms with Gasteiger partial charge in [0.2, 0.25) is 0 Å². The molecule has 0 aliphatic heterocycles. The Morgan fingerprint density at radius 3 is 2.81 bits per heavy atom. The van der Waals surface area contributed by atoms with Crippen LogP contribution in [0.15, 0.2) is 34.1 Å². The van der Waals surface area contributed by atoms with E-state index in [4.69, 9.17) is 11.6 Å². The largest absolute Gasteiger partial charge is 0.224 e. The quantitative estimate of drug-likeness (QED) is 0.360. The van der Waals surface area contributed by atoms with Crippen molar-refractivity contribution in [3.05, 3.63) is 45.1 Å². The summed E-state index contributed by atoms with van der Waals surface area (Å²) in [5.74, 6) is 0.0467. The van der Waals surface area contributed by atoms with Crippen LogP contribution in [0.25, 0.3) is 31.0 Å². The van der Waals surface area contributed by atoms with Crippen molar-refractivity contribution in [1.82, 2.24) is 9.97 Å². The van der Waals surface area contributed by atoms with Crippen molar-refractivity contribution in [3.8, 4) is 10.7 Å². The first-order valence-electron chi connectivity index (χ1n) is 5.91. The molecule has 0 saturated carbocycles. The maximum atomic E-state index is 14.1. The lowest BCUT2D eigenvalue weighted by Gasteiger charge is -2.04. The minimum atomic E-state index is -0.414. The van der Waals surface area contributed by atoms with Gasteiger partial charge in [-0.25, -0.2) is 14.4 Å². The highest BCUT2D eigenvalue weighted by Crippen LogP contribution is 2.36. The van der Waals surface area contributed by atoms with Crippen LogP contribution in [0.2, 0.25) is 5.15 Å². The summed E-state index contributed by atoms with van der Waals surface area (Å²) in [6.07, 6.45) is 0. The Bertz CT molecular complexity index is 967. The molecule has 4 aromatic rings. The summed E-state index contributed by atoms with van der Waals surface area (Å²) in [4.78, 5) is 9.55. The first kappa shape index (κ1) is 13.6. The molecule has 0 N–H and O–H groups in total. The molecule has 1 aromatic carbocycles. The molecule has 3 aromatic heterocycles. The van der Waals surface area contributed by atoms with Gasteiger partial charge in [0.15, 0.2) is 11.6 Å². The molecule has 0 unspecified atom stereocenters. The zero-order valence-electron chi connectivity index (χ0n) is 10.2. The van der Waals surface area contributed by atoms with E-state index in [1.54, 1.807) is 28.7 Å². The van der Waals surface area contributed by atoms with E-state index in [1.165, 1.54) is 15.5 Å². The summed E-state index contributed by atoms with van der Waals surface area (Å²) in [5.41, 5.74) is 0.241. The molecular formula is C14H5BrClFN2S2. The normalized spacial score (nSPS) is 11.6. The molecule has 7 heteroatoms. The molecule has 104 valence electrons. The van der Waals surface area contributed by atoms with Crippen molar-refractivity contribution < 1.29 is 4.39 Å². The molecule has 0 saturated heterocycles. The third-order valence-corrected chi connectivity index (χ3v) is 5.87. The Morgan fingerprint density at radius 2 is 2.00 bits per heavy atom. The van der Waals surface area contributed by atoms with E-state index in [0.717, 1.165) is 4.88 Å². The Morgan fingerprint density at radius 1 is 1.14 bits per heavy atom. The SMILES string of the molecule is Fc1cc(Br)cc2c(Cl)nc(-c3cc4sccc4s3)nc12. The Balaban J connectivity index is 1.99. The number of hydrogen-bond acceptors (Lipinski definition) is 4. The van der Waals surface area contributed by atoms with Gasteiger partial charge in [0.05, 0.1) is 4.88 Å². The lowest BCUT2D eigenvalue weighted by atomic mass is 10.2. The second-order valence-electron chi connectivity index (χ2n) is 4.38. The average molecular weight is 400 g/mol. The number of nitrogens with zero attached hydrogens (tertiary/aromatic N) is 2. The fourth-order valence-electron chi connectivity index (χ4n) is 2.11. The van der Waals surface area contributed by atoms with Crippen LogP contribution in [0.1, 0.15) is 0 Å². The van der Waals surface area contributed by atoms with Crippen molar-refractivity contribution in [2.45, 2.75) is 0 Å². The number of benzene rings is 1. The molecule has 0 amide bonds. The van der Waals surface area contributed by atoms with Gasteiger partial charge >= 0.3 is 0 Å². The summed E-state index contributed by atoms with van der Waals surface area (Å²) >= 11 is 12.7. The van der Waals surface area contributed by atoms with Crippen LogP contribution in [-0.4, -0.2) is 9.97 Å². The molecule has 4 rings (SSSR count). The zero-order chi connectivity index (χ0) is 14.6. The van der Waals surface area contributed by atoms with Crippen LogP contribution < -0.4 is 0 Å². The Hall–Kier alpha value is -1.08. The Labute approximate surface area is 140 Å². The third kappa shape index (κ3) is 2.26. The van der Waals surface area contributed by atoms with Crippen molar-refractivity contribution in [1.29, 1.82) is 0 Å². The van der Waals surface area contributed by atoms with E-state index in [9.17, 15) is 4.39 Å². The molecule has 21 heavy (non-hydrogen) atoms. The first-order chi connectivity index (χ1) is 10.1. The zero-order valence-corrected chi connectivity index (χ0v) is 14.2. The monoisotopic (exact) mass is 398 g/mol. The maximum Gasteiger partial charge on any atom is 0.171 e. The number of fused-ring (bicyclic) bond motifs is 2. The van der Waals surface area contributed by atoms with E-state index < -0.39 is 5.82 Å². The average Bonchev–Trinajstić information content (AvgIpc) is 3.00.